The van der Waals surface area contributed by atoms with Crippen molar-refractivity contribution in [3.05, 3.63) is 111 Å². The van der Waals surface area contributed by atoms with Gasteiger partial charge in [-0.1, -0.05) is 40.2 Å². The highest BCUT2D eigenvalue weighted by Crippen LogP contribution is 2.41. The third kappa shape index (κ3) is 4.49. The Kier molecular flexibility index (Phi) is 6.31. The topological polar surface area (TPSA) is 117 Å². The molecule has 8 nitrogen and oxygen atoms in total. The minimum atomic E-state index is -0.944. The van der Waals surface area contributed by atoms with Gasteiger partial charge in [0.2, 0.25) is 5.78 Å². The van der Waals surface area contributed by atoms with E-state index >= 15 is 0 Å². The number of halogens is 1. The van der Waals surface area contributed by atoms with Crippen LogP contribution in [0.3, 0.4) is 0 Å². The van der Waals surface area contributed by atoms with Crippen LogP contribution in [0, 0.1) is 0 Å². The molecule has 2 N–H and O–H groups in total. The van der Waals surface area contributed by atoms with Gasteiger partial charge >= 0.3 is 5.97 Å². The zero-order valence-corrected chi connectivity index (χ0v) is 21.1. The van der Waals surface area contributed by atoms with Crippen molar-refractivity contribution in [2.75, 3.05) is 7.11 Å². The zero-order valence-electron chi connectivity index (χ0n) is 19.5. The summed E-state index contributed by atoms with van der Waals surface area (Å²) in [5, 5.41) is 21.4. The Morgan fingerprint density at radius 2 is 1.70 bits per heavy atom. The lowest BCUT2D eigenvalue weighted by atomic mass is 9.94. The summed E-state index contributed by atoms with van der Waals surface area (Å²) >= 11 is 3.39. The molecule has 1 aliphatic rings. The van der Waals surface area contributed by atoms with Crippen LogP contribution in [0.2, 0.25) is 0 Å². The first-order valence-corrected chi connectivity index (χ1v) is 12.0. The van der Waals surface area contributed by atoms with Crippen LogP contribution in [0.4, 0.5) is 0 Å². The van der Waals surface area contributed by atoms with Gasteiger partial charge in [-0.2, -0.15) is 0 Å². The highest BCUT2D eigenvalue weighted by molar-refractivity contribution is 9.10. The second kappa shape index (κ2) is 9.59. The van der Waals surface area contributed by atoms with Crippen molar-refractivity contribution >= 4 is 44.6 Å². The molecule has 0 saturated heterocycles. The fraction of sp³-hybridized carbons (Fsp3) is 0.107. The normalized spacial score (nSPS) is 15.5. The number of furan rings is 1. The number of esters is 1. The number of benzene rings is 3. The van der Waals surface area contributed by atoms with E-state index in [1.165, 1.54) is 24.1 Å². The lowest BCUT2D eigenvalue weighted by molar-refractivity contribution is -0.130. The number of hydrogen-bond donors (Lipinski definition) is 2. The van der Waals surface area contributed by atoms with E-state index in [9.17, 15) is 24.6 Å². The maximum Gasteiger partial charge on any atom is 0.337 e. The predicted octanol–water partition coefficient (Wildman–Crippen LogP) is 5.47. The van der Waals surface area contributed by atoms with E-state index in [0.717, 1.165) is 4.47 Å². The Balaban J connectivity index is 1.54. The van der Waals surface area contributed by atoms with E-state index in [2.05, 4.69) is 15.9 Å². The van der Waals surface area contributed by atoms with Gasteiger partial charge in [0.25, 0.3) is 5.91 Å². The third-order valence-corrected chi connectivity index (χ3v) is 6.68. The van der Waals surface area contributed by atoms with E-state index in [0.29, 0.717) is 27.7 Å². The van der Waals surface area contributed by atoms with Crippen molar-refractivity contribution in [2.24, 2.45) is 0 Å². The second-order valence-corrected chi connectivity index (χ2v) is 9.42. The first kappa shape index (κ1) is 24.3. The number of phenols is 1. The smallest absolute Gasteiger partial charge is 0.337 e. The Morgan fingerprint density at radius 1 is 1.00 bits per heavy atom. The summed E-state index contributed by atoms with van der Waals surface area (Å²) in [6, 6.07) is 18.5. The summed E-state index contributed by atoms with van der Waals surface area (Å²) in [5.41, 5.74) is 1.89. The molecule has 1 aromatic heterocycles. The van der Waals surface area contributed by atoms with Crippen LogP contribution in [-0.4, -0.2) is 39.9 Å². The van der Waals surface area contributed by atoms with Gasteiger partial charge in [0.1, 0.15) is 11.3 Å². The summed E-state index contributed by atoms with van der Waals surface area (Å²) in [4.78, 5) is 40.0. The highest BCUT2D eigenvalue weighted by Gasteiger charge is 2.44. The first-order valence-electron chi connectivity index (χ1n) is 11.2. The number of rotatable bonds is 6. The highest BCUT2D eigenvalue weighted by atomic mass is 79.9. The summed E-state index contributed by atoms with van der Waals surface area (Å²) in [6.45, 7) is 0.0414. The molecule has 2 heterocycles. The summed E-state index contributed by atoms with van der Waals surface area (Å²) < 4.78 is 11.3. The predicted molar refractivity (Wildman–Crippen MR) is 137 cm³/mol. The molecule has 1 amide bonds. The number of phenolic OH excluding ortho intramolecular Hbond substituents is 1. The Labute approximate surface area is 219 Å². The van der Waals surface area contributed by atoms with E-state index < -0.39 is 29.5 Å². The number of carbonyl (C=O) groups is 3. The quantitative estimate of drug-likeness (QED) is 0.237. The van der Waals surface area contributed by atoms with Crippen LogP contribution in [-0.2, 0) is 16.1 Å². The number of amides is 1. The van der Waals surface area contributed by atoms with Crippen LogP contribution < -0.4 is 0 Å². The lowest BCUT2D eigenvalue weighted by Crippen LogP contribution is -2.30. The number of carbonyl (C=O) groups excluding carboxylic acids is 3. The molecule has 0 spiro atoms. The molecule has 0 aliphatic carbocycles. The zero-order chi connectivity index (χ0) is 26.3. The number of ketones is 1. The number of Topliss-reactive ketones (excluding diaryl/α,β-unsaturated/α-hetero) is 1. The molecule has 186 valence electrons. The maximum absolute atomic E-state index is 13.7. The van der Waals surface area contributed by atoms with Crippen molar-refractivity contribution in [3.8, 4) is 5.75 Å². The molecule has 4 aromatic rings. The molecule has 9 heteroatoms. The fourth-order valence-corrected chi connectivity index (χ4v) is 4.75. The largest absolute Gasteiger partial charge is 0.508 e. The number of nitrogens with zero attached hydrogens (tertiary/aromatic N) is 1. The molecule has 1 unspecified atom stereocenters. The van der Waals surface area contributed by atoms with Gasteiger partial charge in [-0.05, 0) is 59.7 Å². The van der Waals surface area contributed by atoms with Crippen LogP contribution >= 0.6 is 15.9 Å². The average Bonchev–Trinajstić information content (AvgIpc) is 3.43. The molecular formula is C28H20BrNO7. The Hall–Kier alpha value is -4.37. The molecule has 0 bridgehead atoms. The standard InChI is InChI=1S/C28H20BrNO7/c1-36-28(35)17-4-2-15(3-5-17)14-30-24(16-6-9-20(31)10-7-16)23(26(33)27(30)34)25(32)22-13-18-12-19(29)8-11-21(18)37-22/h2-13,24,31,33H,14H2,1H3. The van der Waals surface area contributed by atoms with Gasteiger partial charge in [0.05, 0.1) is 24.3 Å². The third-order valence-electron chi connectivity index (χ3n) is 6.19. The number of ether oxygens (including phenoxy) is 1. The first-order chi connectivity index (χ1) is 17.8. The second-order valence-electron chi connectivity index (χ2n) is 8.50. The van der Waals surface area contributed by atoms with Gasteiger partial charge in [-0.3, -0.25) is 9.59 Å². The van der Waals surface area contributed by atoms with E-state index in [4.69, 9.17) is 9.15 Å². The van der Waals surface area contributed by atoms with Crippen molar-refractivity contribution in [2.45, 2.75) is 12.6 Å². The number of fused-ring (bicyclic) bond motifs is 1. The fourth-order valence-electron chi connectivity index (χ4n) is 4.37. The molecule has 1 atom stereocenters. The summed E-state index contributed by atoms with van der Waals surface area (Å²) in [7, 11) is 1.29. The monoisotopic (exact) mass is 561 g/mol. The SMILES string of the molecule is COC(=O)c1ccc(CN2C(=O)C(O)=C(C(=O)c3cc4cc(Br)ccc4o3)C2c2ccc(O)cc2)cc1. The number of hydrogen-bond acceptors (Lipinski definition) is 7. The molecular weight excluding hydrogens is 542 g/mol. The van der Waals surface area contributed by atoms with Crippen LogP contribution in [0.1, 0.15) is 38.1 Å². The van der Waals surface area contributed by atoms with Crippen LogP contribution in [0.5, 0.6) is 5.75 Å². The number of methoxy groups -OCH3 is 1. The number of aliphatic hydroxyl groups is 1. The molecule has 3 aromatic carbocycles. The summed E-state index contributed by atoms with van der Waals surface area (Å²) in [6.07, 6.45) is 0. The van der Waals surface area contributed by atoms with Crippen LogP contribution in [0.15, 0.2) is 93.0 Å². The van der Waals surface area contributed by atoms with E-state index in [1.807, 2.05) is 0 Å². The van der Waals surface area contributed by atoms with Crippen molar-refractivity contribution < 1.29 is 33.8 Å². The molecule has 37 heavy (non-hydrogen) atoms. The van der Waals surface area contributed by atoms with E-state index in [1.54, 1.807) is 60.7 Å². The Morgan fingerprint density at radius 3 is 2.38 bits per heavy atom. The van der Waals surface area contributed by atoms with Crippen molar-refractivity contribution in [1.82, 2.24) is 4.90 Å². The number of aliphatic hydroxyl groups excluding tert-OH is 1. The van der Waals surface area contributed by atoms with Gasteiger partial charge in [-0.25, -0.2) is 4.79 Å². The number of aromatic hydroxyl groups is 1. The molecule has 1 aliphatic heterocycles. The van der Waals surface area contributed by atoms with Crippen molar-refractivity contribution in [1.29, 1.82) is 0 Å². The van der Waals surface area contributed by atoms with Crippen molar-refractivity contribution in [3.63, 3.8) is 0 Å². The Bertz CT molecular complexity index is 1570. The van der Waals surface area contributed by atoms with Gasteiger partial charge in [0, 0.05) is 16.4 Å². The van der Waals surface area contributed by atoms with Gasteiger partial charge < -0.3 is 24.3 Å². The molecule has 0 fully saturated rings. The van der Waals surface area contributed by atoms with Gasteiger partial charge in [-0.15, -0.1) is 0 Å². The van der Waals surface area contributed by atoms with Gasteiger partial charge in [0.15, 0.2) is 11.5 Å². The minimum absolute atomic E-state index is 0.0157. The molecule has 0 radical (unpaired) electrons. The average molecular weight is 562 g/mol. The summed E-state index contributed by atoms with van der Waals surface area (Å²) in [5.74, 6) is -2.51. The van der Waals surface area contributed by atoms with Crippen LogP contribution in [0.25, 0.3) is 11.0 Å². The lowest BCUT2D eigenvalue weighted by Gasteiger charge is -2.27. The maximum atomic E-state index is 13.7. The van der Waals surface area contributed by atoms with E-state index in [-0.39, 0.29) is 23.6 Å². The molecule has 5 rings (SSSR count). The molecule has 0 saturated carbocycles. The minimum Gasteiger partial charge on any atom is -0.508 e.